The van der Waals surface area contributed by atoms with E-state index < -0.39 is 0 Å². The first-order valence-corrected chi connectivity index (χ1v) is 8.30. The zero-order chi connectivity index (χ0) is 16.4. The number of carbonyl (C=O) groups is 1. The molecule has 124 valence electrons. The van der Waals surface area contributed by atoms with Crippen LogP contribution in [0.5, 0.6) is 11.5 Å². The second kappa shape index (κ2) is 6.65. The normalized spacial score (nSPS) is 26.1. The van der Waals surface area contributed by atoms with Crippen molar-refractivity contribution in [1.82, 2.24) is 5.32 Å². The fourth-order valence-corrected chi connectivity index (χ4v) is 3.84. The van der Waals surface area contributed by atoms with Crippen molar-refractivity contribution in [3.63, 3.8) is 0 Å². The molecule has 0 aliphatic heterocycles. The lowest BCUT2D eigenvalue weighted by molar-refractivity contribution is -0.126. The fourth-order valence-electron chi connectivity index (χ4n) is 3.84. The quantitative estimate of drug-likeness (QED) is 0.821. The summed E-state index contributed by atoms with van der Waals surface area (Å²) in [6.07, 6.45) is 7.43. The Bertz CT molecular complexity index is 611. The van der Waals surface area contributed by atoms with Crippen LogP contribution in [0.1, 0.15) is 25.3 Å². The van der Waals surface area contributed by atoms with Crippen LogP contribution in [-0.4, -0.2) is 26.2 Å². The van der Waals surface area contributed by atoms with Crippen molar-refractivity contribution in [2.45, 2.75) is 32.2 Å². The Morgan fingerprint density at radius 3 is 2.61 bits per heavy atom. The largest absolute Gasteiger partial charge is 0.493 e. The number of fused-ring (bicyclic) bond motifs is 2. The van der Waals surface area contributed by atoms with Gasteiger partial charge < -0.3 is 14.8 Å². The minimum absolute atomic E-state index is 0.101. The van der Waals surface area contributed by atoms with Gasteiger partial charge in [0.15, 0.2) is 11.5 Å². The monoisotopic (exact) mass is 315 g/mol. The van der Waals surface area contributed by atoms with E-state index in [4.69, 9.17) is 9.47 Å². The van der Waals surface area contributed by atoms with E-state index in [0.717, 1.165) is 36.3 Å². The summed E-state index contributed by atoms with van der Waals surface area (Å²) in [5.41, 5.74) is 1.13. The topological polar surface area (TPSA) is 47.6 Å². The molecule has 23 heavy (non-hydrogen) atoms. The third kappa shape index (κ3) is 3.36. The number of methoxy groups -OCH3 is 2. The van der Waals surface area contributed by atoms with E-state index in [0.29, 0.717) is 11.8 Å². The summed E-state index contributed by atoms with van der Waals surface area (Å²) in [6.45, 7) is 2.05. The highest BCUT2D eigenvalue weighted by Crippen LogP contribution is 2.43. The number of rotatable bonds is 6. The molecule has 1 saturated carbocycles. The highest BCUT2D eigenvalue weighted by Gasteiger charge is 2.39. The van der Waals surface area contributed by atoms with E-state index >= 15 is 0 Å². The summed E-state index contributed by atoms with van der Waals surface area (Å²) in [5, 5.41) is 3.18. The van der Waals surface area contributed by atoms with Crippen molar-refractivity contribution >= 4 is 5.91 Å². The lowest BCUT2D eigenvalue weighted by Gasteiger charge is -2.21. The molecule has 4 atom stereocenters. The number of ether oxygens (including phenoxy) is 2. The molecule has 0 radical (unpaired) electrons. The van der Waals surface area contributed by atoms with Gasteiger partial charge in [-0.05, 0) is 55.7 Å². The summed E-state index contributed by atoms with van der Waals surface area (Å²) in [5.74, 6) is 2.89. The van der Waals surface area contributed by atoms with Crippen molar-refractivity contribution < 1.29 is 14.3 Å². The molecule has 2 aliphatic carbocycles. The van der Waals surface area contributed by atoms with Gasteiger partial charge in [0.2, 0.25) is 5.91 Å². The summed E-state index contributed by atoms with van der Waals surface area (Å²) in [7, 11) is 3.26. The number of nitrogens with one attached hydrogen (secondary N) is 1. The Balaban J connectivity index is 1.58. The van der Waals surface area contributed by atoms with Crippen LogP contribution in [0.25, 0.3) is 0 Å². The van der Waals surface area contributed by atoms with Crippen LogP contribution in [0.2, 0.25) is 0 Å². The van der Waals surface area contributed by atoms with E-state index in [1.165, 1.54) is 0 Å². The molecule has 2 bridgehead atoms. The molecule has 0 unspecified atom stereocenters. The van der Waals surface area contributed by atoms with Gasteiger partial charge in [0.05, 0.1) is 14.2 Å². The van der Waals surface area contributed by atoms with Crippen LogP contribution in [0, 0.1) is 17.8 Å². The van der Waals surface area contributed by atoms with Crippen LogP contribution < -0.4 is 14.8 Å². The van der Waals surface area contributed by atoms with Crippen LogP contribution in [0.15, 0.2) is 30.4 Å². The van der Waals surface area contributed by atoms with Gasteiger partial charge in [0, 0.05) is 12.0 Å². The van der Waals surface area contributed by atoms with Gasteiger partial charge in [-0.1, -0.05) is 18.2 Å². The minimum atomic E-state index is 0.101. The molecule has 1 aromatic carbocycles. The molecule has 1 fully saturated rings. The van der Waals surface area contributed by atoms with Crippen LogP contribution in [0.4, 0.5) is 0 Å². The highest BCUT2D eigenvalue weighted by atomic mass is 16.5. The molecule has 4 nitrogen and oxygen atoms in total. The van der Waals surface area contributed by atoms with Crippen molar-refractivity contribution in [3.05, 3.63) is 35.9 Å². The average molecular weight is 315 g/mol. The lowest BCUT2D eigenvalue weighted by atomic mass is 9.92. The zero-order valence-electron chi connectivity index (χ0n) is 14.0. The van der Waals surface area contributed by atoms with E-state index in [2.05, 4.69) is 24.4 Å². The molecular formula is C19H25NO3. The number of allylic oxidation sites excluding steroid dienone is 2. The van der Waals surface area contributed by atoms with E-state index in [9.17, 15) is 4.79 Å². The number of hydrogen-bond donors (Lipinski definition) is 1. The SMILES string of the molecule is COc1ccc(C[C@H](C)NC(=O)[C@@H]2C[C@H]3C=C[C@H]2C3)cc1OC. The molecule has 0 aromatic heterocycles. The molecule has 0 saturated heterocycles. The first kappa shape index (κ1) is 15.9. The Labute approximate surface area is 137 Å². The number of hydrogen-bond acceptors (Lipinski definition) is 3. The van der Waals surface area contributed by atoms with Gasteiger partial charge >= 0.3 is 0 Å². The molecule has 0 heterocycles. The van der Waals surface area contributed by atoms with Gasteiger partial charge in [-0.2, -0.15) is 0 Å². The molecule has 1 N–H and O–H groups in total. The van der Waals surface area contributed by atoms with E-state index in [1.807, 2.05) is 18.2 Å². The van der Waals surface area contributed by atoms with Gasteiger partial charge in [-0.15, -0.1) is 0 Å². The summed E-state index contributed by atoms with van der Waals surface area (Å²) < 4.78 is 10.6. The third-order valence-electron chi connectivity index (χ3n) is 4.99. The van der Waals surface area contributed by atoms with E-state index in [1.54, 1.807) is 14.2 Å². The van der Waals surface area contributed by atoms with Crippen LogP contribution >= 0.6 is 0 Å². The first-order chi connectivity index (χ1) is 11.1. The highest BCUT2D eigenvalue weighted by molar-refractivity contribution is 5.80. The average Bonchev–Trinajstić information content (AvgIpc) is 3.17. The molecule has 3 rings (SSSR count). The number of amides is 1. The molecule has 1 amide bonds. The maximum Gasteiger partial charge on any atom is 0.223 e. The predicted octanol–water partition coefficient (Wildman–Crippen LogP) is 2.96. The van der Waals surface area contributed by atoms with Gasteiger partial charge in [-0.3, -0.25) is 4.79 Å². The summed E-state index contributed by atoms with van der Waals surface area (Å²) in [4.78, 5) is 12.5. The Morgan fingerprint density at radius 2 is 2.00 bits per heavy atom. The minimum Gasteiger partial charge on any atom is -0.493 e. The van der Waals surface area contributed by atoms with Crippen LogP contribution in [-0.2, 0) is 11.2 Å². The Morgan fingerprint density at radius 1 is 1.22 bits per heavy atom. The maximum absolute atomic E-state index is 12.5. The Kier molecular flexibility index (Phi) is 4.60. The van der Waals surface area contributed by atoms with Gasteiger partial charge in [-0.25, -0.2) is 0 Å². The van der Waals surface area contributed by atoms with Crippen molar-refractivity contribution in [2.75, 3.05) is 14.2 Å². The molecule has 1 aromatic rings. The zero-order valence-corrected chi connectivity index (χ0v) is 14.0. The molecule has 4 heteroatoms. The number of benzene rings is 1. The predicted molar refractivity (Wildman–Crippen MR) is 89.7 cm³/mol. The van der Waals surface area contributed by atoms with Gasteiger partial charge in [0.25, 0.3) is 0 Å². The Hall–Kier alpha value is -1.97. The van der Waals surface area contributed by atoms with E-state index in [-0.39, 0.29) is 17.9 Å². The third-order valence-corrected chi connectivity index (χ3v) is 4.99. The maximum atomic E-state index is 12.5. The lowest BCUT2D eigenvalue weighted by Crippen LogP contribution is -2.39. The summed E-state index contributed by atoms with van der Waals surface area (Å²) in [6, 6.07) is 6.00. The molecular weight excluding hydrogens is 290 g/mol. The standard InChI is InChI=1S/C19H25NO3/c1-12(8-13-5-7-17(22-2)18(11-13)23-3)20-19(21)16-10-14-4-6-15(16)9-14/h4-7,11-12,14-16H,8-10H2,1-3H3,(H,20,21)/t12-,14-,15-,16+/m0/s1. The van der Waals surface area contributed by atoms with Crippen LogP contribution in [0.3, 0.4) is 0 Å². The van der Waals surface area contributed by atoms with Crippen molar-refractivity contribution in [2.24, 2.45) is 17.8 Å². The molecule has 0 spiro atoms. The van der Waals surface area contributed by atoms with Gasteiger partial charge in [0.1, 0.15) is 0 Å². The van der Waals surface area contributed by atoms with Crippen molar-refractivity contribution in [3.8, 4) is 11.5 Å². The first-order valence-electron chi connectivity index (χ1n) is 8.30. The van der Waals surface area contributed by atoms with Crippen molar-refractivity contribution in [1.29, 1.82) is 0 Å². The molecule has 2 aliphatic rings. The second-order valence-electron chi connectivity index (χ2n) is 6.69. The second-order valence-corrected chi connectivity index (χ2v) is 6.69. The fraction of sp³-hybridized carbons (Fsp3) is 0.526. The summed E-state index contributed by atoms with van der Waals surface area (Å²) >= 11 is 0. The number of carbonyl (C=O) groups excluding carboxylic acids is 1. The smallest absolute Gasteiger partial charge is 0.223 e.